The predicted molar refractivity (Wildman–Crippen MR) is 112 cm³/mol. The minimum Gasteiger partial charge on any atom is -0.461 e. The quantitative estimate of drug-likeness (QED) is 0.502. The molecule has 0 saturated carbocycles. The van der Waals surface area contributed by atoms with Crippen molar-refractivity contribution in [3.05, 3.63) is 52.5 Å². The van der Waals surface area contributed by atoms with E-state index in [1.54, 1.807) is 31.2 Å². The predicted octanol–water partition coefficient (Wildman–Crippen LogP) is 4.12. The molecule has 30 heavy (non-hydrogen) atoms. The van der Waals surface area contributed by atoms with E-state index in [2.05, 4.69) is 10.3 Å². The Morgan fingerprint density at radius 3 is 2.37 bits per heavy atom. The van der Waals surface area contributed by atoms with Crippen LogP contribution in [0, 0.1) is 0 Å². The van der Waals surface area contributed by atoms with Crippen LogP contribution in [0.2, 0.25) is 5.02 Å². The second-order valence-electron chi connectivity index (χ2n) is 7.94. The third-order valence-electron chi connectivity index (χ3n) is 5.28. The Bertz CT molecular complexity index is 943. The first kappa shape index (κ1) is 22.5. The number of rotatable bonds is 6. The van der Waals surface area contributed by atoms with Crippen molar-refractivity contribution in [1.29, 1.82) is 0 Å². The van der Waals surface area contributed by atoms with Crippen LogP contribution >= 0.6 is 11.6 Å². The molecular weight excluding hydrogens is 412 g/mol. The number of hydrogen-bond acceptors (Lipinski definition) is 6. The Labute approximate surface area is 180 Å². The summed E-state index contributed by atoms with van der Waals surface area (Å²) in [5, 5.41) is 8.26. The van der Waals surface area contributed by atoms with Crippen LogP contribution in [0.15, 0.2) is 36.2 Å². The molecule has 0 unspecified atom stereocenters. The summed E-state index contributed by atoms with van der Waals surface area (Å²) in [6.45, 7) is 9.33. The van der Waals surface area contributed by atoms with E-state index in [1.165, 1.54) is 10.9 Å². The van der Waals surface area contributed by atoms with E-state index in [9.17, 15) is 4.79 Å². The third kappa shape index (κ3) is 4.58. The van der Waals surface area contributed by atoms with Gasteiger partial charge in [-0.15, -0.1) is 5.10 Å². The summed E-state index contributed by atoms with van der Waals surface area (Å²) in [6.07, 6.45) is 1.41. The fourth-order valence-corrected chi connectivity index (χ4v) is 3.01. The van der Waals surface area contributed by atoms with Crippen molar-refractivity contribution in [2.45, 2.75) is 52.4 Å². The summed E-state index contributed by atoms with van der Waals surface area (Å²) in [5.41, 5.74) is -1.05. The Morgan fingerprint density at radius 1 is 1.20 bits per heavy atom. The van der Waals surface area contributed by atoms with Crippen LogP contribution in [0.25, 0.3) is 5.57 Å². The van der Waals surface area contributed by atoms with Crippen LogP contribution < -0.4 is 0 Å². The lowest BCUT2D eigenvalue weighted by atomic mass is 9.82. The summed E-state index contributed by atoms with van der Waals surface area (Å²) in [6, 6.07) is 6.73. The van der Waals surface area contributed by atoms with Crippen LogP contribution in [0.3, 0.4) is 0 Å². The van der Waals surface area contributed by atoms with Crippen molar-refractivity contribution in [2.24, 2.45) is 0 Å². The molecule has 0 amide bonds. The van der Waals surface area contributed by atoms with Gasteiger partial charge in [0, 0.05) is 10.6 Å². The minimum atomic E-state index is -1.17. The maximum atomic E-state index is 15.7. The lowest BCUT2D eigenvalue weighted by Gasteiger charge is -2.32. The van der Waals surface area contributed by atoms with Crippen LogP contribution in [-0.2, 0) is 20.6 Å². The number of carbonyl (C=O) groups is 1. The van der Waals surface area contributed by atoms with Gasteiger partial charge in [0.05, 0.1) is 30.6 Å². The highest BCUT2D eigenvalue weighted by Gasteiger charge is 2.53. The third-order valence-corrected chi connectivity index (χ3v) is 5.54. The number of esters is 1. The van der Waals surface area contributed by atoms with E-state index in [0.717, 1.165) is 0 Å². The molecule has 0 radical (unpaired) electrons. The molecule has 0 aliphatic carbocycles. The first-order valence-electron chi connectivity index (χ1n) is 9.61. The molecule has 160 valence electrons. The highest BCUT2D eigenvalue weighted by molar-refractivity contribution is 6.55. The normalized spacial score (nSPS) is 18.3. The summed E-state index contributed by atoms with van der Waals surface area (Å²) < 4.78 is 33.7. The van der Waals surface area contributed by atoms with Crippen LogP contribution in [-0.4, -0.2) is 45.9 Å². The van der Waals surface area contributed by atoms with Gasteiger partial charge in [0.25, 0.3) is 0 Å². The molecule has 0 bridgehead atoms. The Morgan fingerprint density at radius 2 is 1.80 bits per heavy atom. The maximum absolute atomic E-state index is 15.7. The standard InChI is InChI=1S/C20H24BClFN3O4/c1-6-28-18(27)16-12-26(25-24-16)11-15(13-7-9-14(22)10-8-13)17(23)21-29-19(2,3)20(4,5)30-21/h7-10,12H,6,11H2,1-5H3. The largest absolute Gasteiger partial charge is 0.525 e. The zero-order valence-corrected chi connectivity index (χ0v) is 18.4. The van der Waals surface area contributed by atoms with Gasteiger partial charge in [0.15, 0.2) is 5.69 Å². The first-order chi connectivity index (χ1) is 14.0. The molecule has 0 atom stereocenters. The summed E-state index contributed by atoms with van der Waals surface area (Å²) in [7, 11) is -1.17. The zero-order valence-electron chi connectivity index (χ0n) is 17.6. The molecule has 2 aromatic rings. The van der Waals surface area contributed by atoms with E-state index in [-0.39, 0.29) is 24.4 Å². The number of carbonyl (C=O) groups excluding carboxylic acids is 1. The molecule has 1 fully saturated rings. The number of hydrogen-bond donors (Lipinski definition) is 0. The molecule has 10 heteroatoms. The molecule has 1 aromatic heterocycles. The first-order valence-corrected chi connectivity index (χ1v) is 9.99. The van der Waals surface area contributed by atoms with E-state index in [1.807, 2.05) is 27.7 Å². The van der Waals surface area contributed by atoms with Gasteiger partial charge < -0.3 is 14.0 Å². The van der Waals surface area contributed by atoms with E-state index in [4.69, 9.17) is 25.6 Å². The molecule has 1 aromatic carbocycles. The molecule has 7 nitrogen and oxygen atoms in total. The van der Waals surface area contributed by atoms with E-state index < -0.39 is 30.0 Å². The molecule has 2 heterocycles. The Kier molecular flexibility index (Phi) is 6.36. The number of benzene rings is 1. The Balaban J connectivity index is 1.97. The van der Waals surface area contributed by atoms with Gasteiger partial charge in [0.1, 0.15) is 5.73 Å². The minimum absolute atomic E-state index is 0.00392. The van der Waals surface area contributed by atoms with Crippen molar-refractivity contribution < 1.29 is 23.2 Å². The van der Waals surface area contributed by atoms with Crippen molar-refractivity contribution in [1.82, 2.24) is 15.0 Å². The monoisotopic (exact) mass is 435 g/mol. The highest BCUT2D eigenvalue weighted by atomic mass is 35.5. The summed E-state index contributed by atoms with van der Waals surface area (Å²) >= 11 is 5.99. The van der Waals surface area contributed by atoms with Gasteiger partial charge in [-0.05, 0) is 52.3 Å². The Hall–Kier alpha value is -2.23. The number of halogens is 2. The molecule has 0 N–H and O–H groups in total. The smallest absolute Gasteiger partial charge is 0.461 e. The van der Waals surface area contributed by atoms with Crippen LogP contribution in [0.4, 0.5) is 4.39 Å². The van der Waals surface area contributed by atoms with Gasteiger partial charge >= 0.3 is 13.1 Å². The van der Waals surface area contributed by atoms with Gasteiger partial charge in [-0.25, -0.2) is 13.9 Å². The van der Waals surface area contributed by atoms with Crippen molar-refractivity contribution in [2.75, 3.05) is 6.61 Å². The number of aromatic nitrogens is 3. The van der Waals surface area contributed by atoms with Crippen LogP contribution in [0.5, 0.6) is 0 Å². The lowest BCUT2D eigenvalue weighted by molar-refractivity contribution is 0.00578. The number of nitrogens with zero attached hydrogens (tertiary/aromatic N) is 3. The summed E-state index contributed by atoms with van der Waals surface area (Å²) in [4.78, 5) is 11.9. The second kappa shape index (κ2) is 8.49. The molecule has 1 saturated heterocycles. The number of ether oxygens (including phenoxy) is 1. The van der Waals surface area contributed by atoms with Gasteiger partial charge in [-0.1, -0.05) is 28.9 Å². The van der Waals surface area contributed by atoms with Crippen molar-refractivity contribution in [3.63, 3.8) is 0 Å². The zero-order chi connectivity index (χ0) is 22.1. The average Bonchev–Trinajstić information content (AvgIpc) is 3.22. The molecule has 3 rings (SSSR count). The van der Waals surface area contributed by atoms with Crippen LogP contribution in [0.1, 0.15) is 50.7 Å². The summed E-state index contributed by atoms with van der Waals surface area (Å²) in [5.74, 6) is -0.591. The van der Waals surface area contributed by atoms with Gasteiger partial charge in [-0.3, -0.25) is 0 Å². The highest BCUT2D eigenvalue weighted by Crippen LogP contribution is 2.40. The molecule has 0 spiro atoms. The van der Waals surface area contributed by atoms with Crippen molar-refractivity contribution >= 4 is 30.3 Å². The average molecular weight is 436 g/mol. The van der Waals surface area contributed by atoms with E-state index >= 15 is 4.39 Å². The fourth-order valence-electron chi connectivity index (χ4n) is 2.88. The SMILES string of the molecule is CCOC(=O)c1cn(CC(=C(F)B2OC(C)(C)C(C)(C)O2)c2ccc(Cl)cc2)nn1. The fraction of sp³-hybridized carbons (Fsp3) is 0.450. The molecule has 1 aliphatic heterocycles. The van der Waals surface area contributed by atoms with E-state index in [0.29, 0.717) is 10.6 Å². The van der Waals surface area contributed by atoms with Crippen molar-refractivity contribution in [3.8, 4) is 0 Å². The topological polar surface area (TPSA) is 75.5 Å². The second-order valence-corrected chi connectivity index (χ2v) is 8.38. The van der Waals surface area contributed by atoms with Gasteiger partial charge in [0.2, 0.25) is 0 Å². The molecular formula is C20H24BClFN3O4. The maximum Gasteiger partial charge on any atom is 0.525 e. The lowest BCUT2D eigenvalue weighted by Crippen LogP contribution is -2.41. The van der Waals surface area contributed by atoms with Gasteiger partial charge in [-0.2, -0.15) is 0 Å². The number of allylic oxidation sites excluding steroid dienone is 1. The molecule has 1 aliphatic rings.